The summed E-state index contributed by atoms with van der Waals surface area (Å²) in [6.07, 6.45) is 1.24. The third-order valence-corrected chi connectivity index (χ3v) is 4.73. The van der Waals surface area contributed by atoms with E-state index in [4.69, 9.17) is 16.3 Å². The highest BCUT2D eigenvalue weighted by atomic mass is 35.5. The zero-order chi connectivity index (χ0) is 19.2. The van der Waals surface area contributed by atoms with Crippen LogP contribution in [0.2, 0.25) is 5.02 Å². The van der Waals surface area contributed by atoms with Crippen molar-refractivity contribution in [3.63, 3.8) is 0 Å². The maximum absolute atomic E-state index is 13.7. The Morgan fingerprint density at radius 1 is 1.11 bits per heavy atom. The number of halogens is 2. The van der Waals surface area contributed by atoms with E-state index < -0.39 is 11.7 Å². The normalized spacial score (nSPS) is 14.7. The van der Waals surface area contributed by atoms with Gasteiger partial charge in [0, 0.05) is 24.2 Å². The van der Waals surface area contributed by atoms with Crippen LogP contribution < -0.4 is 10.1 Å². The Morgan fingerprint density at radius 2 is 1.78 bits per heavy atom. The minimum atomic E-state index is -0.540. The highest BCUT2D eigenvalue weighted by molar-refractivity contribution is 6.30. The van der Waals surface area contributed by atoms with Gasteiger partial charge in [0.1, 0.15) is 11.6 Å². The van der Waals surface area contributed by atoms with E-state index >= 15 is 0 Å². The number of likely N-dealkylation sites (tertiary alicyclic amines) is 1. The molecule has 1 aliphatic rings. The predicted molar refractivity (Wildman–Crippen MR) is 100 cm³/mol. The first-order valence-electron chi connectivity index (χ1n) is 8.74. The molecule has 2 aromatic rings. The summed E-state index contributed by atoms with van der Waals surface area (Å²) >= 11 is 5.81. The molecular formula is C20H20ClFN2O3. The Balaban J connectivity index is 1.44. The van der Waals surface area contributed by atoms with Crippen LogP contribution in [-0.2, 0) is 4.79 Å². The average molecular weight is 391 g/mol. The third-order valence-electron chi connectivity index (χ3n) is 4.48. The van der Waals surface area contributed by atoms with E-state index in [-0.39, 0.29) is 24.1 Å². The van der Waals surface area contributed by atoms with Crippen LogP contribution in [0.25, 0.3) is 0 Å². The first-order valence-corrected chi connectivity index (χ1v) is 9.12. The summed E-state index contributed by atoms with van der Waals surface area (Å²) in [5.74, 6) is -0.491. The second-order valence-corrected chi connectivity index (χ2v) is 6.79. The molecule has 0 aliphatic carbocycles. The monoisotopic (exact) mass is 390 g/mol. The maximum atomic E-state index is 13.7. The van der Waals surface area contributed by atoms with E-state index in [0.717, 1.165) is 0 Å². The molecule has 1 aliphatic heterocycles. The smallest absolute Gasteiger partial charge is 0.260 e. The third kappa shape index (κ3) is 5.20. The summed E-state index contributed by atoms with van der Waals surface area (Å²) in [5, 5.41) is 3.44. The van der Waals surface area contributed by atoms with Crippen LogP contribution in [0.1, 0.15) is 23.2 Å². The number of benzene rings is 2. The van der Waals surface area contributed by atoms with Crippen LogP contribution in [0.5, 0.6) is 5.75 Å². The van der Waals surface area contributed by atoms with Crippen molar-refractivity contribution in [1.82, 2.24) is 10.2 Å². The van der Waals surface area contributed by atoms with Gasteiger partial charge in [0.2, 0.25) is 0 Å². The lowest BCUT2D eigenvalue weighted by Gasteiger charge is -2.32. The van der Waals surface area contributed by atoms with Gasteiger partial charge in [-0.05, 0) is 49.2 Å². The number of nitrogens with zero attached hydrogens (tertiary/aromatic N) is 1. The van der Waals surface area contributed by atoms with Crippen molar-refractivity contribution < 1.29 is 18.7 Å². The summed E-state index contributed by atoms with van der Waals surface area (Å²) in [6.45, 7) is 0.990. The Hall–Kier alpha value is -2.60. The molecule has 0 unspecified atom stereocenters. The Labute approximate surface area is 162 Å². The van der Waals surface area contributed by atoms with Gasteiger partial charge >= 0.3 is 0 Å². The second-order valence-electron chi connectivity index (χ2n) is 6.35. The van der Waals surface area contributed by atoms with Gasteiger partial charge in [-0.25, -0.2) is 4.39 Å². The SMILES string of the molecule is O=C(NC1CCN(C(=O)COc2ccc(Cl)cc2)CC1)c1ccccc1F. The predicted octanol–water partition coefficient (Wildman–Crippen LogP) is 3.28. The number of piperidine rings is 1. The van der Waals surface area contributed by atoms with E-state index in [1.807, 2.05) is 0 Å². The number of hydrogen-bond donors (Lipinski definition) is 1. The van der Waals surface area contributed by atoms with Crippen molar-refractivity contribution >= 4 is 23.4 Å². The van der Waals surface area contributed by atoms with Crippen molar-refractivity contribution in [3.05, 3.63) is 64.9 Å². The molecule has 1 heterocycles. The molecule has 1 saturated heterocycles. The number of ether oxygens (including phenoxy) is 1. The topological polar surface area (TPSA) is 58.6 Å². The van der Waals surface area contributed by atoms with Crippen molar-refractivity contribution in [3.8, 4) is 5.75 Å². The summed E-state index contributed by atoms with van der Waals surface area (Å²) in [4.78, 5) is 26.2. The lowest BCUT2D eigenvalue weighted by Crippen LogP contribution is -2.47. The van der Waals surface area contributed by atoms with E-state index in [1.54, 1.807) is 41.3 Å². The molecule has 0 atom stereocenters. The summed E-state index contributed by atoms with van der Waals surface area (Å²) in [7, 11) is 0. The fourth-order valence-electron chi connectivity index (χ4n) is 2.95. The molecule has 142 valence electrons. The molecule has 0 bridgehead atoms. The lowest BCUT2D eigenvalue weighted by molar-refractivity contribution is -0.134. The van der Waals surface area contributed by atoms with Gasteiger partial charge in [0.05, 0.1) is 5.56 Å². The molecule has 2 aromatic carbocycles. The minimum absolute atomic E-state index is 0.0346. The standard InChI is InChI=1S/C20H20ClFN2O3/c21-14-5-7-16(8-6-14)27-13-19(25)24-11-9-15(10-12-24)23-20(26)17-3-1-2-4-18(17)22/h1-8,15H,9-13H2,(H,23,26). The second kappa shape index (κ2) is 8.86. The van der Waals surface area contributed by atoms with E-state index in [9.17, 15) is 14.0 Å². The van der Waals surface area contributed by atoms with Crippen molar-refractivity contribution in [2.45, 2.75) is 18.9 Å². The molecule has 3 rings (SSSR count). The van der Waals surface area contributed by atoms with Crippen LogP contribution in [0.15, 0.2) is 48.5 Å². The van der Waals surface area contributed by atoms with E-state index in [1.165, 1.54) is 12.1 Å². The number of carbonyl (C=O) groups excluding carboxylic acids is 2. The highest BCUT2D eigenvalue weighted by Crippen LogP contribution is 2.17. The number of hydrogen-bond acceptors (Lipinski definition) is 3. The van der Waals surface area contributed by atoms with Gasteiger partial charge in [-0.3, -0.25) is 9.59 Å². The zero-order valence-corrected chi connectivity index (χ0v) is 15.4. The van der Waals surface area contributed by atoms with Gasteiger partial charge in [0.25, 0.3) is 11.8 Å². The quantitative estimate of drug-likeness (QED) is 0.852. The summed E-state index contributed by atoms with van der Waals surface area (Å²) in [6, 6.07) is 12.6. The number of nitrogens with one attached hydrogen (secondary N) is 1. The molecule has 0 spiro atoms. The van der Waals surface area contributed by atoms with Gasteiger partial charge in [-0.2, -0.15) is 0 Å². The summed E-state index contributed by atoms with van der Waals surface area (Å²) in [5.41, 5.74) is 0.0346. The van der Waals surface area contributed by atoms with Crippen LogP contribution in [0, 0.1) is 5.82 Å². The Morgan fingerprint density at radius 3 is 2.44 bits per heavy atom. The molecule has 27 heavy (non-hydrogen) atoms. The average Bonchev–Trinajstić information content (AvgIpc) is 2.68. The van der Waals surface area contributed by atoms with Crippen LogP contribution in [0.4, 0.5) is 4.39 Å². The summed E-state index contributed by atoms with van der Waals surface area (Å²) < 4.78 is 19.2. The fourth-order valence-corrected chi connectivity index (χ4v) is 3.07. The van der Waals surface area contributed by atoms with Crippen molar-refractivity contribution in [2.75, 3.05) is 19.7 Å². The Bertz CT molecular complexity index is 805. The van der Waals surface area contributed by atoms with Crippen molar-refractivity contribution in [2.24, 2.45) is 0 Å². The van der Waals surface area contributed by atoms with Gasteiger partial charge in [-0.15, -0.1) is 0 Å². The van der Waals surface area contributed by atoms with Crippen molar-refractivity contribution in [1.29, 1.82) is 0 Å². The van der Waals surface area contributed by atoms with Gasteiger partial charge < -0.3 is 15.0 Å². The van der Waals surface area contributed by atoms with Crippen LogP contribution >= 0.6 is 11.6 Å². The highest BCUT2D eigenvalue weighted by Gasteiger charge is 2.25. The van der Waals surface area contributed by atoms with E-state index in [0.29, 0.717) is 36.7 Å². The van der Waals surface area contributed by atoms with E-state index in [2.05, 4.69) is 5.32 Å². The minimum Gasteiger partial charge on any atom is -0.484 e. The zero-order valence-electron chi connectivity index (χ0n) is 14.7. The number of amides is 2. The first-order chi connectivity index (χ1) is 13.0. The molecule has 5 nitrogen and oxygen atoms in total. The van der Waals surface area contributed by atoms with Crippen LogP contribution in [0.3, 0.4) is 0 Å². The molecule has 7 heteroatoms. The lowest BCUT2D eigenvalue weighted by atomic mass is 10.0. The van der Waals surface area contributed by atoms with Gasteiger partial charge in [-0.1, -0.05) is 23.7 Å². The fraction of sp³-hybridized carbons (Fsp3) is 0.300. The molecule has 1 fully saturated rings. The van der Waals surface area contributed by atoms with Crippen LogP contribution in [-0.4, -0.2) is 42.5 Å². The molecular weight excluding hydrogens is 371 g/mol. The number of rotatable bonds is 5. The Kier molecular flexibility index (Phi) is 6.29. The molecule has 2 amide bonds. The van der Waals surface area contributed by atoms with Gasteiger partial charge in [0.15, 0.2) is 6.61 Å². The number of carbonyl (C=O) groups is 2. The first kappa shape index (κ1) is 19.2. The molecule has 0 aromatic heterocycles. The maximum Gasteiger partial charge on any atom is 0.260 e. The molecule has 1 N–H and O–H groups in total. The molecule has 0 saturated carbocycles. The largest absolute Gasteiger partial charge is 0.484 e. The molecule has 0 radical (unpaired) electrons.